The number of Topliss-reactive ketones (excluding diaryl/α,β-unsaturated/α-hetero) is 1. The maximum atomic E-state index is 12.7. The number of ketones is 1. The van der Waals surface area contributed by atoms with Crippen LogP contribution in [0.2, 0.25) is 0 Å². The van der Waals surface area contributed by atoms with Crippen LogP contribution in [-0.2, 0) is 9.53 Å². The second-order valence-corrected chi connectivity index (χ2v) is 6.37. The van der Waals surface area contributed by atoms with Gasteiger partial charge in [-0.2, -0.15) is 0 Å². The highest BCUT2D eigenvalue weighted by Crippen LogP contribution is 2.22. The third kappa shape index (κ3) is 7.55. The van der Waals surface area contributed by atoms with Crippen LogP contribution in [0.4, 0.5) is 5.69 Å². The van der Waals surface area contributed by atoms with Crippen LogP contribution < -0.4 is 5.73 Å². The Hall–Kier alpha value is -2.10. The average molecular weight is 345 g/mol. The quantitative estimate of drug-likeness (QED) is 0.132. The van der Waals surface area contributed by atoms with E-state index < -0.39 is 11.9 Å². The predicted octanol–water partition coefficient (Wildman–Crippen LogP) is 5.29. The summed E-state index contributed by atoms with van der Waals surface area (Å²) in [6.45, 7) is 5.61. The zero-order chi connectivity index (χ0) is 18.5. The van der Waals surface area contributed by atoms with Gasteiger partial charge in [0.05, 0.1) is 6.26 Å². The maximum absolute atomic E-state index is 12.7. The monoisotopic (exact) mass is 345 g/mol. The molecule has 4 nitrogen and oxygen atoms in total. The Morgan fingerprint density at radius 1 is 1.08 bits per heavy atom. The number of nitrogens with two attached hydrogens (primary N) is 1. The summed E-state index contributed by atoms with van der Waals surface area (Å²) in [5, 5.41) is 0. The van der Waals surface area contributed by atoms with Crippen molar-refractivity contribution in [3.05, 3.63) is 42.7 Å². The van der Waals surface area contributed by atoms with Crippen molar-refractivity contribution in [1.82, 2.24) is 0 Å². The molecule has 0 bridgehead atoms. The molecule has 25 heavy (non-hydrogen) atoms. The maximum Gasteiger partial charge on any atom is 0.321 e. The van der Waals surface area contributed by atoms with Gasteiger partial charge >= 0.3 is 5.97 Å². The highest BCUT2D eigenvalue weighted by atomic mass is 16.5. The Kier molecular flexibility index (Phi) is 10.3. The molecule has 1 rings (SSSR count). The van der Waals surface area contributed by atoms with Crippen molar-refractivity contribution in [3.63, 3.8) is 0 Å². The van der Waals surface area contributed by atoms with Gasteiger partial charge in [-0.05, 0) is 18.6 Å². The van der Waals surface area contributed by atoms with Gasteiger partial charge in [0.1, 0.15) is 5.92 Å². The Morgan fingerprint density at radius 2 is 1.68 bits per heavy atom. The number of hydrogen-bond acceptors (Lipinski definition) is 4. The number of anilines is 1. The summed E-state index contributed by atoms with van der Waals surface area (Å²) >= 11 is 0. The van der Waals surface area contributed by atoms with Gasteiger partial charge in [0.15, 0.2) is 5.78 Å². The number of nitrogen functional groups attached to an aromatic ring is 1. The normalized spacial score (nSPS) is 11.7. The smallest absolute Gasteiger partial charge is 0.321 e. The van der Waals surface area contributed by atoms with Crippen LogP contribution in [0.3, 0.4) is 0 Å². The van der Waals surface area contributed by atoms with Gasteiger partial charge in [0, 0.05) is 11.3 Å². The SMILES string of the molecule is C=COC(=O)C(CCCCCCCCCC)C(=O)c1ccccc1N. The zero-order valence-electron chi connectivity index (χ0n) is 15.3. The summed E-state index contributed by atoms with van der Waals surface area (Å²) in [6, 6.07) is 6.83. The van der Waals surface area contributed by atoms with E-state index in [1.807, 2.05) is 0 Å². The molecule has 2 N–H and O–H groups in total. The minimum Gasteiger partial charge on any atom is -0.435 e. The largest absolute Gasteiger partial charge is 0.435 e. The van der Waals surface area contributed by atoms with Crippen molar-refractivity contribution in [2.24, 2.45) is 5.92 Å². The number of benzene rings is 1. The molecule has 4 heteroatoms. The van der Waals surface area contributed by atoms with Crippen LogP contribution in [0, 0.1) is 5.92 Å². The molecule has 0 aliphatic heterocycles. The number of carbonyl (C=O) groups excluding carboxylic acids is 2. The second kappa shape index (κ2) is 12.3. The Bertz CT molecular complexity index is 554. The number of carbonyl (C=O) groups is 2. The van der Waals surface area contributed by atoms with Crippen LogP contribution in [-0.4, -0.2) is 11.8 Å². The van der Waals surface area contributed by atoms with E-state index in [2.05, 4.69) is 13.5 Å². The lowest BCUT2D eigenvalue weighted by atomic mass is 9.91. The van der Waals surface area contributed by atoms with E-state index in [0.29, 0.717) is 17.7 Å². The molecule has 0 spiro atoms. The summed E-state index contributed by atoms with van der Waals surface area (Å²) in [5.74, 6) is -1.64. The van der Waals surface area contributed by atoms with E-state index in [1.54, 1.807) is 24.3 Å². The number of rotatable bonds is 13. The molecular weight excluding hydrogens is 314 g/mol. The standard InChI is InChI=1S/C21H31NO3/c1-3-5-6-7-8-9-10-11-15-18(21(24)25-4-2)20(23)17-14-12-13-16-19(17)22/h4,12-14,16,18H,2-3,5-11,15,22H2,1H3. The molecule has 1 atom stereocenters. The van der Waals surface area contributed by atoms with Gasteiger partial charge in [0.2, 0.25) is 0 Å². The zero-order valence-corrected chi connectivity index (χ0v) is 15.3. The fourth-order valence-electron chi connectivity index (χ4n) is 2.91. The first-order valence-corrected chi connectivity index (χ1v) is 9.32. The molecule has 0 aromatic heterocycles. The van der Waals surface area contributed by atoms with Crippen LogP contribution in [0.25, 0.3) is 0 Å². The van der Waals surface area contributed by atoms with Crippen molar-refractivity contribution < 1.29 is 14.3 Å². The van der Waals surface area contributed by atoms with E-state index in [-0.39, 0.29) is 5.78 Å². The molecule has 1 unspecified atom stereocenters. The minimum atomic E-state index is -0.817. The number of hydrogen-bond donors (Lipinski definition) is 1. The first kappa shape index (κ1) is 20.9. The van der Waals surface area contributed by atoms with Crippen LogP contribution in [0.15, 0.2) is 37.1 Å². The van der Waals surface area contributed by atoms with E-state index >= 15 is 0 Å². The fourth-order valence-corrected chi connectivity index (χ4v) is 2.91. The van der Waals surface area contributed by atoms with E-state index in [4.69, 9.17) is 10.5 Å². The molecule has 0 saturated carbocycles. The number of ether oxygens (including phenoxy) is 1. The lowest BCUT2D eigenvalue weighted by molar-refractivity contribution is -0.141. The Labute approximate surface area is 151 Å². The van der Waals surface area contributed by atoms with E-state index in [9.17, 15) is 9.59 Å². The van der Waals surface area contributed by atoms with Crippen molar-refractivity contribution in [2.75, 3.05) is 5.73 Å². The van der Waals surface area contributed by atoms with Crippen molar-refractivity contribution in [1.29, 1.82) is 0 Å². The van der Waals surface area contributed by atoms with Gasteiger partial charge < -0.3 is 10.5 Å². The van der Waals surface area contributed by atoms with Gasteiger partial charge in [-0.15, -0.1) is 0 Å². The molecule has 138 valence electrons. The lowest BCUT2D eigenvalue weighted by Crippen LogP contribution is -2.26. The molecule has 0 aliphatic carbocycles. The molecule has 0 saturated heterocycles. The average Bonchev–Trinajstić information content (AvgIpc) is 2.60. The summed E-state index contributed by atoms with van der Waals surface area (Å²) in [4.78, 5) is 24.9. The molecule has 0 fully saturated rings. The van der Waals surface area contributed by atoms with Crippen LogP contribution in [0.5, 0.6) is 0 Å². The van der Waals surface area contributed by atoms with Crippen LogP contribution in [0.1, 0.15) is 75.1 Å². The number of para-hydroxylation sites is 1. The molecule has 1 aromatic rings. The first-order valence-electron chi connectivity index (χ1n) is 9.32. The highest BCUT2D eigenvalue weighted by Gasteiger charge is 2.29. The van der Waals surface area contributed by atoms with Crippen molar-refractivity contribution in [2.45, 2.75) is 64.7 Å². The summed E-state index contributed by atoms with van der Waals surface area (Å²) < 4.78 is 4.87. The third-order valence-corrected chi connectivity index (χ3v) is 4.37. The highest BCUT2D eigenvalue weighted by molar-refractivity contribution is 6.11. The van der Waals surface area contributed by atoms with Gasteiger partial charge in [0.25, 0.3) is 0 Å². The number of esters is 1. The lowest BCUT2D eigenvalue weighted by Gasteiger charge is -2.14. The topological polar surface area (TPSA) is 69.4 Å². The van der Waals surface area contributed by atoms with Crippen LogP contribution >= 0.6 is 0 Å². The summed E-state index contributed by atoms with van der Waals surface area (Å²) in [5.41, 5.74) is 6.65. The number of unbranched alkanes of at least 4 members (excludes halogenated alkanes) is 7. The van der Waals surface area contributed by atoms with Gasteiger partial charge in [-0.1, -0.05) is 77.0 Å². The van der Waals surface area contributed by atoms with Crippen molar-refractivity contribution in [3.8, 4) is 0 Å². The van der Waals surface area contributed by atoms with Gasteiger partial charge in [-0.3, -0.25) is 9.59 Å². The molecule has 0 aliphatic rings. The van der Waals surface area contributed by atoms with Crippen molar-refractivity contribution >= 4 is 17.4 Å². The third-order valence-electron chi connectivity index (χ3n) is 4.37. The molecule has 0 heterocycles. The first-order chi connectivity index (χ1) is 12.1. The van der Waals surface area contributed by atoms with E-state index in [0.717, 1.165) is 25.5 Å². The summed E-state index contributed by atoms with van der Waals surface area (Å²) in [6.07, 6.45) is 10.8. The predicted molar refractivity (Wildman–Crippen MR) is 102 cm³/mol. The summed E-state index contributed by atoms with van der Waals surface area (Å²) in [7, 11) is 0. The van der Waals surface area contributed by atoms with Gasteiger partial charge in [-0.25, -0.2) is 0 Å². The molecule has 1 aromatic carbocycles. The van der Waals surface area contributed by atoms with E-state index in [1.165, 1.54) is 32.1 Å². The molecule has 0 radical (unpaired) electrons. The Morgan fingerprint density at radius 3 is 2.28 bits per heavy atom. The second-order valence-electron chi connectivity index (χ2n) is 6.37. The Balaban J connectivity index is 2.54. The minimum absolute atomic E-state index is 0.270. The molecule has 0 amide bonds. The molecular formula is C21H31NO3. The fraction of sp³-hybridized carbons (Fsp3) is 0.524.